The Morgan fingerprint density at radius 1 is 1.27 bits per heavy atom. The van der Waals surface area contributed by atoms with Crippen LogP contribution >= 0.6 is 11.8 Å². The zero-order valence-corrected chi connectivity index (χ0v) is 11.3. The maximum absolute atomic E-state index is 9.20. The summed E-state index contributed by atoms with van der Waals surface area (Å²) in [6.45, 7) is 4.71. The first kappa shape index (κ1) is 15.3. The van der Waals surface area contributed by atoms with Crippen LogP contribution in [0.15, 0.2) is 0 Å². The van der Waals surface area contributed by atoms with Gasteiger partial charge in [-0.2, -0.15) is 11.8 Å². The molecule has 0 heterocycles. The molecule has 0 aliphatic heterocycles. The second kappa shape index (κ2) is 10.8. The average molecular weight is 233 g/mol. The summed E-state index contributed by atoms with van der Waals surface area (Å²) in [6.07, 6.45) is 8.30. The van der Waals surface area contributed by atoms with Crippen LogP contribution in [0.3, 0.4) is 0 Å². The average Bonchev–Trinajstić information content (AvgIpc) is 2.24. The van der Waals surface area contributed by atoms with Crippen LogP contribution in [0, 0.1) is 0 Å². The number of thioether (sulfide) groups is 1. The van der Waals surface area contributed by atoms with Gasteiger partial charge in [-0.05, 0) is 31.8 Å². The molecule has 0 aromatic rings. The highest BCUT2D eigenvalue weighted by Gasteiger charge is 2.10. The Morgan fingerprint density at radius 3 is 2.53 bits per heavy atom. The highest BCUT2D eigenvalue weighted by Crippen LogP contribution is 2.06. The molecule has 0 saturated heterocycles. The number of unbranched alkanes of at least 4 members (excludes halogenated alkanes) is 2. The minimum absolute atomic E-state index is 0.263. The monoisotopic (exact) mass is 233 g/mol. The third kappa shape index (κ3) is 9.21. The van der Waals surface area contributed by atoms with Crippen molar-refractivity contribution in [3.63, 3.8) is 0 Å². The zero-order valence-electron chi connectivity index (χ0n) is 10.5. The van der Waals surface area contributed by atoms with E-state index < -0.39 is 0 Å². The lowest BCUT2D eigenvalue weighted by atomic mass is 10.1. The molecule has 0 amide bonds. The second-order valence-corrected chi connectivity index (χ2v) is 5.21. The van der Waals surface area contributed by atoms with E-state index in [1.54, 1.807) is 0 Å². The van der Waals surface area contributed by atoms with E-state index in [0.717, 1.165) is 12.2 Å². The van der Waals surface area contributed by atoms with E-state index in [4.69, 9.17) is 0 Å². The number of hydrogen-bond acceptors (Lipinski definition) is 3. The van der Waals surface area contributed by atoms with Gasteiger partial charge in [0.05, 0.1) is 6.61 Å². The molecule has 92 valence electrons. The van der Waals surface area contributed by atoms with Gasteiger partial charge in [-0.15, -0.1) is 0 Å². The molecule has 3 heteroatoms. The van der Waals surface area contributed by atoms with Crippen LogP contribution in [-0.2, 0) is 0 Å². The molecule has 2 atom stereocenters. The summed E-state index contributed by atoms with van der Waals surface area (Å²) in [6, 6.07) is 0.824. The first-order chi connectivity index (χ1) is 7.24. The standard InChI is InChI=1S/C12H27NOS/c1-4-5-6-7-11(2)13-12(10-14)8-9-15-3/h11-14H,4-10H2,1-3H3. The van der Waals surface area contributed by atoms with Gasteiger partial charge < -0.3 is 10.4 Å². The van der Waals surface area contributed by atoms with Gasteiger partial charge >= 0.3 is 0 Å². The van der Waals surface area contributed by atoms with Crippen molar-refractivity contribution in [1.29, 1.82) is 0 Å². The van der Waals surface area contributed by atoms with Crippen LogP contribution in [-0.4, -0.2) is 35.8 Å². The Hall–Kier alpha value is 0.270. The number of hydrogen-bond donors (Lipinski definition) is 2. The van der Waals surface area contributed by atoms with E-state index in [-0.39, 0.29) is 12.6 Å². The zero-order chi connectivity index (χ0) is 11.5. The summed E-state index contributed by atoms with van der Waals surface area (Å²) >= 11 is 1.84. The maximum Gasteiger partial charge on any atom is 0.0585 e. The minimum Gasteiger partial charge on any atom is -0.395 e. The molecule has 0 bridgehead atoms. The first-order valence-electron chi connectivity index (χ1n) is 6.10. The predicted octanol–water partition coefficient (Wildman–Crippen LogP) is 2.66. The molecule has 0 radical (unpaired) electrons. The van der Waals surface area contributed by atoms with Gasteiger partial charge in [-0.25, -0.2) is 0 Å². The van der Waals surface area contributed by atoms with Crippen molar-refractivity contribution in [3.8, 4) is 0 Å². The quantitative estimate of drug-likeness (QED) is 0.569. The van der Waals surface area contributed by atoms with E-state index in [1.165, 1.54) is 25.7 Å². The lowest BCUT2D eigenvalue weighted by molar-refractivity contribution is 0.228. The summed E-state index contributed by atoms with van der Waals surface area (Å²) in [5.74, 6) is 1.12. The van der Waals surface area contributed by atoms with Crippen LogP contribution in [0.4, 0.5) is 0 Å². The topological polar surface area (TPSA) is 32.3 Å². The van der Waals surface area contributed by atoms with Crippen LogP contribution in [0.2, 0.25) is 0 Å². The summed E-state index contributed by atoms with van der Waals surface area (Å²) in [5.41, 5.74) is 0. The molecular formula is C12H27NOS. The normalized spacial score (nSPS) is 15.2. The van der Waals surface area contributed by atoms with Crippen LogP contribution in [0.1, 0.15) is 46.0 Å². The van der Waals surface area contributed by atoms with Gasteiger partial charge in [0.15, 0.2) is 0 Å². The highest BCUT2D eigenvalue weighted by molar-refractivity contribution is 7.98. The van der Waals surface area contributed by atoms with Gasteiger partial charge in [-0.1, -0.05) is 26.2 Å². The Kier molecular flexibility index (Phi) is 11.0. The molecule has 0 aliphatic rings. The van der Waals surface area contributed by atoms with E-state index in [9.17, 15) is 5.11 Å². The van der Waals surface area contributed by atoms with E-state index in [2.05, 4.69) is 25.4 Å². The summed E-state index contributed by atoms with van der Waals surface area (Å²) in [4.78, 5) is 0. The smallest absolute Gasteiger partial charge is 0.0585 e. The molecular weight excluding hydrogens is 206 g/mol. The van der Waals surface area contributed by atoms with Crippen molar-refractivity contribution in [2.45, 2.75) is 58.0 Å². The van der Waals surface area contributed by atoms with Gasteiger partial charge in [-0.3, -0.25) is 0 Å². The van der Waals surface area contributed by atoms with Crippen LogP contribution in [0.25, 0.3) is 0 Å². The SMILES string of the molecule is CCCCCC(C)NC(CO)CCSC. The number of aliphatic hydroxyl groups is 1. The van der Waals surface area contributed by atoms with Gasteiger partial charge in [0.2, 0.25) is 0 Å². The molecule has 2 nitrogen and oxygen atoms in total. The molecule has 0 aromatic heterocycles. The number of aliphatic hydroxyl groups excluding tert-OH is 1. The van der Waals surface area contributed by atoms with Gasteiger partial charge in [0, 0.05) is 12.1 Å². The molecule has 2 unspecified atom stereocenters. The summed E-state index contributed by atoms with van der Waals surface area (Å²) in [7, 11) is 0. The maximum atomic E-state index is 9.20. The molecule has 0 saturated carbocycles. The fraction of sp³-hybridized carbons (Fsp3) is 1.00. The van der Waals surface area contributed by atoms with E-state index in [0.29, 0.717) is 6.04 Å². The van der Waals surface area contributed by atoms with Crippen molar-refractivity contribution >= 4 is 11.8 Å². The van der Waals surface area contributed by atoms with Crippen LogP contribution in [0.5, 0.6) is 0 Å². The van der Waals surface area contributed by atoms with E-state index >= 15 is 0 Å². The Bertz CT molecular complexity index is 133. The van der Waals surface area contributed by atoms with Crippen molar-refractivity contribution in [2.75, 3.05) is 18.6 Å². The predicted molar refractivity (Wildman–Crippen MR) is 70.6 cm³/mol. The summed E-state index contributed by atoms with van der Waals surface area (Å²) < 4.78 is 0. The minimum atomic E-state index is 0.263. The number of rotatable bonds is 10. The van der Waals surface area contributed by atoms with Gasteiger partial charge in [0.1, 0.15) is 0 Å². The molecule has 0 aromatic carbocycles. The largest absolute Gasteiger partial charge is 0.395 e. The Labute approximate surface area is 99.2 Å². The Morgan fingerprint density at radius 2 is 2.00 bits per heavy atom. The fourth-order valence-corrected chi connectivity index (χ4v) is 2.19. The lowest BCUT2D eigenvalue weighted by Gasteiger charge is -2.21. The Balaban J connectivity index is 3.55. The number of nitrogens with one attached hydrogen (secondary N) is 1. The lowest BCUT2D eigenvalue weighted by Crippen LogP contribution is -2.39. The highest BCUT2D eigenvalue weighted by atomic mass is 32.2. The van der Waals surface area contributed by atoms with Crippen molar-refractivity contribution in [1.82, 2.24) is 5.32 Å². The molecule has 0 fully saturated rings. The molecule has 2 N–H and O–H groups in total. The molecule has 0 rings (SSSR count). The van der Waals surface area contributed by atoms with Gasteiger partial charge in [0.25, 0.3) is 0 Å². The van der Waals surface area contributed by atoms with Crippen LogP contribution < -0.4 is 5.32 Å². The second-order valence-electron chi connectivity index (χ2n) is 4.22. The molecule has 0 aliphatic carbocycles. The first-order valence-corrected chi connectivity index (χ1v) is 7.49. The molecule has 0 spiro atoms. The molecule has 15 heavy (non-hydrogen) atoms. The fourth-order valence-electron chi connectivity index (χ4n) is 1.67. The third-order valence-electron chi connectivity index (χ3n) is 2.65. The van der Waals surface area contributed by atoms with Crippen molar-refractivity contribution < 1.29 is 5.11 Å². The third-order valence-corrected chi connectivity index (χ3v) is 3.30. The summed E-state index contributed by atoms with van der Waals surface area (Å²) in [5, 5.41) is 12.7. The van der Waals surface area contributed by atoms with Crippen molar-refractivity contribution in [3.05, 3.63) is 0 Å². The van der Waals surface area contributed by atoms with Crippen molar-refractivity contribution in [2.24, 2.45) is 0 Å². The van der Waals surface area contributed by atoms with E-state index in [1.807, 2.05) is 11.8 Å².